The van der Waals surface area contributed by atoms with E-state index >= 15 is 0 Å². The van der Waals surface area contributed by atoms with Crippen molar-refractivity contribution < 1.29 is 14.6 Å². The molecule has 12 heavy (non-hydrogen) atoms. The quantitative estimate of drug-likeness (QED) is 0.629. The Bertz CT molecular complexity index is 281. The van der Waals surface area contributed by atoms with Crippen molar-refractivity contribution in [3.05, 3.63) is 35.4 Å². The van der Waals surface area contributed by atoms with Crippen LogP contribution in [0.2, 0.25) is 0 Å². The fourth-order valence-electron chi connectivity index (χ4n) is 0.909. The molecule has 0 aliphatic rings. The van der Waals surface area contributed by atoms with E-state index in [9.17, 15) is 9.90 Å². The molecular formula is C9H9O3. The molecule has 0 unspecified atom stereocenters. The third-order valence-electron chi connectivity index (χ3n) is 1.61. The third kappa shape index (κ3) is 2.27. The van der Waals surface area contributed by atoms with Crippen LogP contribution in [0.15, 0.2) is 24.3 Å². The lowest BCUT2D eigenvalue weighted by Gasteiger charge is -2.02. The van der Waals surface area contributed by atoms with E-state index in [1.165, 1.54) is 0 Å². The first-order chi connectivity index (χ1) is 5.70. The van der Waals surface area contributed by atoms with Crippen LogP contribution in [0.1, 0.15) is 11.1 Å². The maximum Gasteiger partial charge on any atom is 0.550 e. The van der Waals surface area contributed by atoms with E-state index in [2.05, 4.69) is 4.74 Å². The number of carbonyl (C=O) groups excluding carboxylic acids is 1. The van der Waals surface area contributed by atoms with E-state index in [1.807, 2.05) is 31.2 Å². The van der Waals surface area contributed by atoms with Gasteiger partial charge in [-0.15, -0.1) is 0 Å². The van der Waals surface area contributed by atoms with Gasteiger partial charge < -0.3 is 4.74 Å². The van der Waals surface area contributed by atoms with E-state index in [1.54, 1.807) is 0 Å². The maximum atomic E-state index is 9.95. The highest BCUT2D eigenvalue weighted by Gasteiger charge is 2.01. The summed E-state index contributed by atoms with van der Waals surface area (Å²) >= 11 is 0. The summed E-state index contributed by atoms with van der Waals surface area (Å²) in [6.07, 6.45) is -1.49. The normalized spacial score (nSPS) is 9.42. The Morgan fingerprint density at radius 2 is 2.08 bits per heavy atom. The predicted molar refractivity (Wildman–Crippen MR) is 42.1 cm³/mol. The van der Waals surface area contributed by atoms with Crippen LogP contribution in [-0.2, 0) is 16.5 Å². The van der Waals surface area contributed by atoms with E-state index < -0.39 is 6.16 Å². The zero-order valence-corrected chi connectivity index (χ0v) is 6.74. The lowest BCUT2D eigenvalue weighted by atomic mass is 10.1. The average molecular weight is 165 g/mol. The lowest BCUT2D eigenvalue weighted by Crippen LogP contribution is -1.99. The number of aryl methyl sites for hydroxylation is 1. The summed E-state index contributed by atoms with van der Waals surface area (Å²) in [5.41, 5.74) is 1.88. The standard InChI is InChI=1S/C9H9O3/c1-7-4-2-3-5-8(7)6-12-9(10)11/h2-5H,6H2,1H3. The summed E-state index contributed by atoms with van der Waals surface area (Å²) in [5.74, 6) is 0. The van der Waals surface area contributed by atoms with Gasteiger partial charge in [-0.05, 0) is 18.1 Å². The van der Waals surface area contributed by atoms with Crippen molar-refractivity contribution in [2.24, 2.45) is 0 Å². The molecule has 0 N–H and O–H groups in total. The van der Waals surface area contributed by atoms with Crippen LogP contribution in [-0.4, -0.2) is 6.16 Å². The number of hydrogen-bond acceptors (Lipinski definition) is 2. The molecule has 0 aliphatic carbocycles. The Kier molecular flexibility index (Phi) is 2.69. The minimum Gasteiger partial charge on any atom is -0.427 e. The fraction of sp³-hybridized carbons (Fsp3) is 0.222. The molecule has 1 aromatic rings. The van der Waals surface area contributed by atoms with Gasteiger partial charge in [0.05, 0.1) is 0 Å². The van der Waals surface area contributed by atoms with Gasteiger partial charge in [0, 0.05) is 0 Å². The summed E-state index contributed by atoms with van der Waals surface area (Å²) in [6, 6.07) is 7.44. The van der Waals surface area contributed by atoms with Crippen molar-refractivity contribution in [3.8, 4) is 0 Å². The second kappa shape index (κ2) is 3.76. The van der Waals surface area contributed by atoms with Gasteiger partial charge in [0.2, 0.25) is 0 Å². The van der Waals surface area contributed by atoms with Crippen LogP contribution in [0.25, 0.3) is 0 Å². The molecule has 1 radical (unpaired) electrons. The largest absolute Gasteiger partial charge is 0.550 e. The number of rotatable bonds is 2. The van der Waals surface area contributed by atoms with Crippen molar-refractivity contribution in [1.82, 2.24) is 0 Å². The topological polar surface area (TPSA) is 46.2 Å². The average Bonchev–Trinajstić information content (AvgIpc) is 2.03. The summed E-state index contributed by atoms with van der Waals surface area (Å²) in [7, 11) is 0. The molecule has 0 amide bonds. The van der Waals surface area contributed by atoms with Gasteiger partial charge in [0.1, 0.15) is 6.61 Å². The Morgan fingerprint density at radius 1 is 1.42 bits per heavy atom. The monoisotopic (exact) mass is 165 g/mol. The molecular weight excluding hydrogens is 156 g/mol. The third-order valence-corrected chi connectivity index (χ3v) is 1.61. The molecule has 0 heterocycles. The van der Waals surface area contributed by atoms with Gasteiger partial charge in [-0.1, -0.05) is 24.3 Å². The van der Waals surface area contributed by atoms with Crippen molar-refractivity contribution >= 4 is 6.16 Å². The molecule has 1 rings (SSSR count). The van der Waals surface area contributed by atoms with Gasteiger partial charge >= 0.3 is 6.16 Å². The maximum absolute atomic E-state index is 9.95. The molecule has 3 heteroatoms. The lowest BCUT2D eigenvalue weighted by molar-refractivity contribution is 0.0618. The van der Waals surface area contributed by atoms with Gasteiger partial charge in [0.25, 0.3) is 0 Å². The Morgan fingerprint density at radius 3 is 2.67 bits per heavy atom. The van der Waals surface area contributed by atoms with Crippen LogP contribution >= 0.6 is 0 Å². The Hall–Kier alpha value is -1.51. The number of ether oxygens (including phenoxy) is 1. The predicted octanol–water partition coefficient (Wildman–Crippen LogP) is 2.06. The molecule has 0 aromatic heterocycles. The first-order valence-corrected chi connectivity index (χ1v) is 3.58. The Balaban J connectivity index is 2.63. The molecule has 3 nitrogen and oxygen atoms in total. The van der Waals surface area contributed by atoms with E-state index in [-0.39, 0.29) is 6.61 Å². The molecule has 1 aromatic carbocycles. The zero-order chi connectivity index (χ0) is 8.97. The summed E-state index contributed by atoms with van der Waals surface area (Å²) in [5, 5.41) is 9.95. The minimum absolute atomic E-state index is 0.0645. The van der Waals surface area contributed by atoms with Crippen LogP contribution < -0.4 is 0 Å². The smallest absolute Gasteiger partial charge is 0.427 e. The fourth-order valence-corrected chi connectivity index (χ4v) is 0.909. The molecule has 0 saturated heterocycles. The summed E-state index contributed by atoms with van der Waals surface area (Å²) in [4.78, 5) is 9.95. The van der Waals surface area contributed by atoms with Crippen LogP contribution in [0.5, 0.6) is 0 Å². The van der Waals surface area contributed by atoms with E-state index in [0.29, 0.717) is 0 Å². The van der Waals surface area contributed by atoms with Gasteiger partial charge in [-0.25, -0.2) is 0 Å². The van der Waals surface area contributed by atoms with E-state index in [4.69, 9.17) is 0 Å². The molecule has 0 atom stereocenters. The highest BCUT2D eigenvalue weighted by molar-refractivity contribution is 5.56. The van der Waals surface area contributed by atoms with Crippen molar-refractivity contribution in [2.75, 3.05) is 0 Å². The minimum atomic E-state index is -1.49. The molecule has 0 aliphatic heterocycles. The summed E-state index contributed by atoms with van der Waals surface area (Å²) in [6.45, 7) is 1.96. The van der Waals surface area contributed by atoms with Crippen LogP contribution in [0, 0.1) is 6.92 Å². The summed E-state index contributed by atoms with van der Waals surface area (Å²) < 4.78 is 4.31. The van der Waals surface area contributed by atoms with Crippen molar-refractivity contribution in [3.63, 3.8) is 0 Å². The van der Waals surface area contributed by atoms with Crippen molar-refractivity contribution in [1.29, 1.82) is 0 Å². The van der Waals surface area contributed by atoms with Gasteiger partial charge in [-0.3, -0.25) is 0 Å². The number of benzene rings is 1. The number of carbonyl (C=O) groups is 1. The Labute approximate surface area is 70.6 Å². The molecule has 63 valence electrons. The number of hydrogen-bond donors (Lipinski definition) is 0. The van der Waals surface area contributed by atoms with Gasteiger partial charge in [-0.2, -0.15) is 9.90 Å². The van der Waals surface area contributed by atoms with Crippen molar-refractivity contribution in [2.45, 2.75) is 13.5 Å². The molecule has 0 saturated carbocycles. The van der Waals surface area contributed by atoms with Gasteiger partial charge in [0.15, 0.2) is 0 Å². The second-order valence-electron chi connectivity index (χ2n) is 2.47. The second-order valence-corrected chi connectivity index (χ2v) is 2.47. The van der Waals surface area contributed by atoms with Crippen LogP contribution in [0.4, 0.5) is 4.79 Å². The zero-order valence-electron chi connectivity index (χ0n) is 6.74. The molecule has 0 fully saturated rings. The first-order valence-electron chi connectivity index (χ1n) is 3.58. The molecule has 0 spiro atoms. The highest BCUT2D eigenvalue weighted by atomic mass is 16.7. The van der Waals surface area contributed by atoms with Crippen LogP contribution in [0.3, 0.4) is 0 Å². The highest BCUT2D eigenvalue weighted by Crippen LogP contribution is 2.07. The van der Waals surface area contributed by atoms with E-state index in [0.717, 1.165) is 11.1 Å². The first kappa shape index (κ1) is 8.59. The SMILES string of the molecule is Cc1ccccc1COC([O])=O. The molecule has 0 bridgehead atoms.